The molecule has 0 saturated carbocycles. The van der Waals surface area contributed by atoms with Gasteiger partial charge in [-0.05, 0) is 48.4 Å². The number of aryl methyl sites for hydroxylation is 1. The number of nitrogens with zero attached hydrogens (tertiary/aromatic N) is 2. The van der Waals surface area contributed by atoms with Crippen molar-refractivity contribution in [1.82, 2.24) is 9.88 Å². The quantitative estimate of drug-likeness (QED) is 0.351. The number of carbonyl (C=O) groups excluding carboxylic acids is 2. The average molecular weight is 444 g/mol. The molecule has 1 aliphatic rings. The molecule has 1 unspecified atom stereocenters. The Morgan fingerprint density at radius 3 is 2.45 bits per heavy atom. The number of aromatic nitrogens is 1. The molecule has 1 aliphatic heterocycles. The summed E-state index contributed by atoms with van der Waals surface area (Å²) in [6.07, 6.45) is 3.28. The van der Waals surface area contributed by atoms with E-state index < -0.39 is 17.7 Å². The molecular weight excluding hydrogens is 420 g/mol. The molecule has 168 valence electrons. The van der Waals surface area contributed by atoms with E-state index in [1.165, 1.54) is 12.0 Å². The van der Waals surface area contributed by atoms with E-state index in [9.17, 15) is 14.7 Å². The molecular formula is C26H24N2O5. The lowest BCUT2D eigenvalue weighted by atomic mass is 9.94. The zero-order valence-electron chi connectivity index (χ0n) is 18.6. The minimum absolute atomic E-state index is 0.0120. The van der Waals surface area contributed by atoms with Crippen molar-refractivity contribution in [1.29, 1.82) is 0 Å². The molecule has 7 nitrogen and oxygen atoms in total. The monoisotopic (exact) mass is 444 g/mol. The fourth-order valence-corrected chi connectivity index (χ4v) is 4.13. The largest absolute Gasteiger partial charge is 0.507 e. The highest BCUT2D eigenvalue weighted by Gasteiger charge is 2.47. The van der Waals surface area contributed by atoms with E-state index in [0.717, 1.165) is 11.1 Å². The molecule has 4 rings (SSSR count). The van der Waals surface area contributed by atoms with Crippen LogP contribution in [0.1, 0.15) is 28.3 Å². The number of methoxy groups -OCH3 is 2. The molecule has 2 heterocycles. The summed E-state index contributed by atoms with van der Waals surface area (Å²) in [5.41, 5.74) is 2.60. The van der Waals surface area contributed by atoms with Crippen molar-refractivity contribution in [2.24, 2.45) is 0 Å². The van der Waals surface area contributed by atoms with Crippen LogP contribution in [0, 0.1) is 6.92 Å². The number of pyridine rings is 1. The zero-order chi connectivity index (χ0) is 23.5. The second kappa shape index (κ2) is 9.16. The molecule has 1 saturated heterocycles. The van der Waals surface area contributed by atoms with Crippen LogP contribution in [0.25, 0.3) is 5.76 Å². The number of aliphatic hydroxyl groups is 1. The number of para-hydroxylation sites is 1. The van der Waals surface area contributed by atoms with E-state index in [1.54, 1.807) is 62.0 Å². The molecule has 1 fully saturated rings. The fourth-order valence-electron chi connectivity index (χ4n) is 4.13. The van der Waals surface area contributed by atoms with Gasteiger partial charge in [0.2, 0.25) is 0 Å². The van der Waals surface area contributed by atoms with Crippen LogP contribution in [-0.2, 0) is 16.1 Å². The SMILES string of the molecule is COc1ccc(/C(O)=C2/C(=O)C(=O)N(Cc3cccnc3)C2c2ccccc2OC)cc1C. The number of ketones is 1. The second-order valence-electron chi connectivity index (χ2n) is 7.71. The number of amides is 1. The highest BCUT2D eigenvalue weighted by atomic mass is 16.5. The van der Waals surface area contributed by atoms with Crippen LogP contribution in [0.2, 0.25) is 0 Å². The number of hydrogen-bond acceptors (Lipinski definition) is 6. The van der Waals surface area contributed by atoms with Crippen LogP contribution in [0.4, 0.5) is 0 Å². The van der Waals surface area contributed by atoms with Gasteiger partial charge < -0.3 is 19.5 Å². The minimum Gasteiger partial charge on any atom is -0.507 e. The predicted octanol–water partition coefficient (Wildman–Crippen LogP) is 4.03. The summed E-state index contributed by atoms with van der Waals surface area (Å²) in [4.78, 5) is 31.9. The van der Waals surface area contributed by atoms with Crippen LogP contribution in [0.3, 0.4) is 0 Å². The van der Waals surface area contributed by atoms with Crippen LogP contribution in [0.5, 0.6) is 11.5 Å². The molecule has 0 aliphatic carbocycles. The van der Waals surface area contributed by atoms with Crippen molar-refractivity contribution >= 4 is 17.4 Å². The molecule has 1 N–H and O–H groups in total. The van der Waals surface area contributed by atoms with Gasteiger partial charge in [-0.25, -0.2) is 0 Å². The topological polar surface area (TPSA) is 89.0 Å². The Balaban J connectivity index is 1.90. The van der Waals surface area contributed by atoms with E-state index in [1.807, 2.05) is 19.1 Å². The molecule has 1 aromatic heterocycles. The Labute approximate surface area is 191 Å². The molecule has 2 aromatic carbocycles. The first-order valence-electron chi connectivity index (χ1n) is 10.4. The Morgan fingerprint density at radius 1 is 1.03 bits per heavy atom. The van der Waals surface area contributed by atoms with Crippen LogP contribution in [0.15, 0.2) is 72.6 Å². The number of aliphatic hydroxyl groups excluding tert-OH is 1. The summed E-state index contributed by atoms with van der Waals surface area (Å²) in [5, 5.41) is 11.3. The average Bonchev–Trinajstić information content (AvgIpc) is 3.09. The van der Waals surface area contributed by atoms with Crippen molar-refractivity contribution in [2.75, 3.05) is 14.2 Å². The molecule has 33 heavy (non-hydrogen) atoms. The van der Waals surface area contributed by atoms with E-state index in [4.69, 9.17) is 9.47 Å². The number of Topliss-reactive ketones (excluding diaryl/α,β-unsaturated/α-hetero) is 1. The molecule has 0 spiro atoms. The van der Waals surface area contributed by atoms with E-state index >= 15 is 0 Å². The highest BCUT2D eigenvalue weighted by molar-refractivity contribution is 6.46. The molecule has 0 bridgehead atoms. The fraction of sp³-hybridized carbons (Fsp3) is 0.192. The van der Waals surface area contributed by atoms with Gasteiger partial charge in [-0.15, -0.1) is 0 Å². The number of benzene rings is 2. The molecule has 7 heteroatoms. The Hall–Kier alpha value is -4.13. The third-order valence-corrected chi connectivity index (χ3v) is 5.72. The first-order valence-corrected chi connectivity index (χ1v) is 10.4. The van der Waals surface area contributed by atoms with Gasteiger partial charge >= 0.3 is 0 Å². The standard InChI is InChI=1S/C26H24N2O5/c1-16-13-18(10-11-20(16)32-2)24(29)22-23(19-8-4-5-9-21(19)33-3)28(26(31)25(22)30)15-17-7-6-12-27-14-17/h4-14,23,29H,15H2,1-3H3/b24-22-. The maximum absolute atomic E-state index is 13.2. The van der Waals surface area contributed by atoms with Gasteiger partial charge in [0.15, 0.2) is 0 Å². The van der Waals surface area contributed by atoms with Gasteiger partial charge in [-0.2, -0.15) is 0 Å². The molecule has 1 atom stereocenters. The Bertz CT molecular complexity index is 1240. The van der Waals surface area contributed by atoms with Crippen molar-refractivity contribution in [3.8, 4) is 11.5 Å². The first-order chi connectivity index (χ1) is 16.0. The highest BCUT2D eigenvalue weighted by Crippen LogP contribution is 2.43. The molecule has 1 amide bonds. The second-order valence-corrected chi connectivity index (χ2v) is 7.71. The van der Waals surface area contributed by atoms with Crippen LogP contribution >= 0.6 is 0 Å². The van der Waals surface area contributed by atoms with E-state index in [2.05, 4.69) is 4.98 Å². The van der Waals surface area contributed by atoms with E-state index in [-0.39, 0.29) is 17.9 Å². The lowest BCUT2D eigenvalue weighted by Gasteiger charge is -2.26. The van der Waals surface area contributed by atoms with Crippen LogP contribution in [-0.4, -0.2) is 40.9 Å². The third-order valence-electron chi connectivity index (χ3n) is 5.72. The Kier molecular flexibility index (Phi) is 6.13. The normalized spacial score (nSPS) is 17.3. The summed E-state index contributed by atoms with van der Waals surface area (Å²) in [6, 6.07) is 15.0. The summed E-state index contributed by atoms with van der Waals surface area (Å²) in [7, 11) is 3.09. The zero-order valence-corrected chi connectivity index (χ0v) is 18.6. The summed E-state index contributed by atoms with van der Waals surface area (Å²) in [6.45, 7) is 1.99. The lowest BCUT2D eigenvalue weighted by Crippen LogP contribution is -2.29. The maximum atomic E-state index is 13.2. The van der Waals surface area contributed by atoms with E-state index in [0.29, 0.717) is 22.6 Å². The summed E-state index contributed by atoms with van der Waals surface area (Å²) in [5.74, 6) is -0.520. The van der Waals surface area contributed by atoms with Crippen molar-refractivity contribution < 1.29 is 24.2 Å². The Morgan fingerprint density at radius 2 is 1.79 bits per heavy atom. The van der Waals surface area contributed by atoms with Crippen LogP contribution < -0.4 is 9.47 Å². The number of carbonyl (C=O) groups is 2. The number of hydrogen-bond donors (Lipinski definition) is 1. The number of rotatable bonds is 6. The summed E-state index contributed by atoms with van der Waals surface area (Å²) < 4.78 is 10.8. The number of likely N-dealkylation sites (tertiary alicyclic amines) is 1. The van der Waals surface area contributed by atoms with Crippen molar-refractivity contribution in [2.45, 2.75) is 19.5 Å². The predicted molar refractivity (Wildman–Crippen MR) is 123 cm³/mol. The van der Waals surface area contributed by atoms with Crippen molar-refractivity contribution in [3.63, 3.8) is 0 Å². The van der Waals surface area contributed by atoms with Gasteiger partial charge in [-0.1, -0.05) is 24.3 Å². The molecule has 3 aromatic rings. The summed E-state index contributed by atoms with van der Waals surface area (Å²) >= 11 is 0. The molecule has 0 radical (unpaired) electrons. The maximum Gasteiger partial charge on any atom is 0.295 e. The van der Waals surface area contributed by atoms with Gasteiger partial charge in [0.05, 0.1) is 25.8 Å². The first kappa shape index (κ1) is 22.1. The van der Waals surface area contributed by atoms with Gasteiger partial charge in [0.1, 0.15) is 17.3 Å². The lowest BCUT2D eigenvalue weighted by molar-refractivity contribution is -0.140. The number of ether oxygens (including phenoxy) is 2. The van der Waals surface area contributed by atoms with Gasteiger partial charge in [-0.3, -0.25) is 14.6 Å². The minimum atomic E-state index is -0.830. The third kappa shape index (κ3) is 4.05. The van der Waals surface area contributed by atoms with Gasteiger partial charge in [0, 0.05) is 30.1 Å². The smallest absolute Gasteiger partial charge is 0.295 e. The van der Waals surface area contributed by atoms with Crippen molar-refractivity contribution in [3.05, 3.63) is 94.8 Å². The van der Waals surface area contributed by atoms with Gasteiger partial charge in [0.25, 0.3) is 11.7 Å².